The van der Waals surface area contributed by atoms with Gasteiger partial charge in [0.05, 0.1) is 6.61 Å². The largest absolute Gasteiger partial charge is 0.465 e. The average Bonchev–Trinajstić information content (AvgIpc) is 2.39. The van der Waals surface area contributed by atoms with Crippen LogP contribution in [0, 0.1) is 6.92 Å². The highest BCUT2D eigenvalue weighted by atomic mass is 16.5. The van der Waals surface area contributed by atoms with Crippen molar-refractivity contribution < 1.29 is 14.3 Å². The number of nitrogens with one attached hydrogen (secondary N) is 2. The van der Waals surface area contributed by atoms with Crippen LogP contribution >= 0.6 is 0 Å². The standard InChI is InChI=1S/C14H18N2O3/c1-3-19-13(17)10-16-14(18)15-9-8-12-7-5-4-6-11(12)2/h4-9H,3,10H2,1-2H3,(H2,15,16,18)/b9-8+. The Morgan fingerprint density at radius 3 is 2.74 bits per heavy atom. The second-order valence-corrected chi connectivity index (χ2v) is 3.82. The molecule has 2 N–H and O–H groups in total. The number of ether oxygens (including phenoxy) is 1. The molecular formula is C14H18N2O3. The van der Waals surface area contributed by atoms with Gasteiger partial charge in [-0.1, -0.05) is 24.3 Å². The van der Waals surface area contributed by atoms with Gasteiger partial charge in [0.15, 0.2) is 0 Å². The van der Waals surface area contributed by atoms with Crippen molar-refractivity contribution in [3.63, 3.8) is 0 Å². The van der Waals surface area contributed by atoms with Crippen LogP contribution in [0.15, 0.2) is 30.5 Å². The normalized spacial score (nSPS) is 10.2. The van der Waals surface area contributed by atoms with Gasteiger partial charge >= 0.3 is 12.0 Å². The van der Waals surface area contributed by atoms with Gasteiger partial charge in [-0.25, -0.2) is 4.79 Å². The van der Waals surface area contributed by atoms with E-state index in [0.29, 0.717) is 6.61 Å². The molecule has 0 spiro atoms. The third-order valence-electron chi connectivity index (χ3n) is 2.36. The molecule has 0 heterocycles. The lowest BCUT2D eigenvalue weighted by molar-refractivity contribution is -0.141. The van der Waals surface area contributed by atoms with Crippen molar-refractivity contribution in [2.75, 3.05) is 13.2 Å². The van der Waals surface area contributed by atoms with Crippen molar-refractivity contribution in [2.24, 2.45) is 0 Å². The van der Waals surface area contributed by atoms with Gasteiger partial charge in [0.2, 0.25) is 0 Å². The number of aryl methyl sites for hydroxylation is 1. The summed E-state index contributed by atoms with van der Waals surface area (Å²) in [4.78, 5) is 22.4. The molecule has 5 nitrogen and oxygen atoms in total. The maximum absolute atomic E-state index is 11.3. The number of urea groups is 1. The molecule has 0 bridgehead atoms. The Hall–Kier alpha value is -2.30. The Bertz CT molecular complexity index is 470. The fourth-order valence-corrected chi connectivity index (χ4v) is 1.40. The number of carbonyl (C=O) groups excluding carboxylic acids is 2. The maximum Gasteiger partial charge on any atom is 0.325 e. The highest BCUT2D eigenvalue weighted by Crippen LogP contribution is 2.07. The van der Waals surface area contributed by atoms with Crippen LogP contribution < -0.4 is 10.6 Å². The number of carbonyl (C=O) groups is 2. The summed E-state index contributed by atoms with van der Waals surface area (Å²) < 4.78 is 4.68. The van der Waals surface area contributed by atoms with Crippen LogP contribution in [0.25, 0.3) is 6.08 Å². The lowest BCUT2D eigenvalue weighted by Gasteiger charge is -2.04. The van der Waals surface area contributed by atoms with Gasteiger partial charge in [-0.3, -0.25) is 4.79 Å². The molecule has 1 rings (SSSR count). The minimum Gasteiger partial charge on any atom is -0.465 e. The molecule has 1 aromatic carbocycles. The Morgan fingerprint density at radius 2 is 2.05 bits per heavy atom. The topological polar surface area (TPSA) is 67.4 Å². The predicted octanol–water partition coefficient (Wildman–Crippen LogP) is 1.83. The molecule has 1 aromatic rings. The van der Waals surface area contributed by atoms with Crippen LogP contribution in [0.5, 0.6) is 0 Å². The van der Waals surface area contributed by atoms with Crippen LogP contribution in [0.3, 0.4) is 0 Å². The van der Waals surface area contributed by atoms with E-state index in [2.05, 4.69) is 15.4 Å². The predicted molar refractivity (Wildman–Crippen MR) is 73.4 cm³/mol. The lowest BCUT2D eigenvalue weighted by Crippen LogP contribution is -2.36. The van der Waals surface area contributed by atoms with Crippen LogP contribution in [0.2, 0.25) is 0 Å². The van der Waals surface area contributed by atoms with E-state index in [1.54, 1.807) is 13.0 Å². The lowest BCUT2D eigenvalue weighted by atomic mass is 10.1. The van der Waals surface area contributed by atoms with E-state index in [4.69, 9.17) is 0 Å². The molecule has 0 aliphatic rings. The zero-order valence-corrected chi connectivity index (χ0v) is 11.1. The molecule has 0 radical (unpaired) electrons. The van der Waals surface area contributed by atoms with Gasteiger partial charge in [0, 0.05) is 6.20 Å². The second-order valence-electron chi connectivity index (χ2n) is 3.82. The molecular weight excluding hydrogens is 244 g/mol. The van der Waals surface area contributed by atoms with Crippen molar-refractivity contribution in [1.29, 1.82) is 0 Å². The van der Waals surface area contributed by atoms with E-state index in [0.717, 1.165) is 11.1 Å². The third kappa shape index (κ3) is 5.72. The van der Waals surface area contributed by atoms with Crippen molar-refractivity contribution in [2.45, 2.75) is 13.8 Å². The number of hydrogen-bond donors (Lipinski definition) is 2. The van der Waals surface area contributed by atoms with E-state index < -0.39 is 12.0 Å². The van der Waals surface area contributed by atoms with Gasteiger partial charge in [-0.2, -0.15) is 0 Å². The van der Waals surface area contributed by atoms with Crippen LogP contribution in [-0.4, -0.2) is 25.2 Å². The van der Waals surface area contributed by atoms with Crippen molar-refractivity contribution >= 4 is 18.1 Å². The first-order chi connectivity index (χ1) is 9.13. The highest BCUT2D eigenvalue weighted by molar-refractivity contribution is 5.81. The monoisotopic (exact) mass is 262 g/mol. The average molecular weight is 262 g/mol. The van der Waals surface area contributed by atoms with E-state index in [9.17, 15) is 9.59 Å². The molecule has 0 unspecified atom stereocenters. The van der Waals surface area contributed by atoms with E-state index in [-0.39, 0.29) is 6.54 Å². The van der Waals surface area contributed by atoms with E-state index in [1.165, 1.54) is 6.20 Å². The summed E-state index contributed by atoms with van der Waals surface area (Å²) in [5.74, 6) is -0.458. The molecule has 0 aliphatic heterocycles. The third-order valence-corrected chi connectivity index (χ3v) is 2.36. The fraction of sp³-hybridized carbons (Fsp3) is 0.286. The summed E-state index contributed by atoms with van der Waals surface area (Å²) in [6, 6.07) is 7.36. The first-order valence-corrected chi connectivity index (χ1v) is 6.05. The van der Waals surface area contributed by atoms with E-state index >= 15 is 0 Å². The van der Waals surface area contributed by atoms with Crippen LogP contribution in [-0.2, 0) is 9.53 Å². The zero-order valence-electron chi connectivity index (χ0n) is 11.1. The number of benzene rings is 1. The van der Waals surface area contributed by atoms with Crippen molar-refractivity contribution in [1.82, 2.24) is 10.6 Å². The minimum atomic E-state index is -0.458. The summed E-state index contributed by atoms with van der Waals surface area (Å²) in [7, 11) is 0. The smallest absolute Gasteiger partial charge is 0.325 e. The summed E-state index contributed by atoms with van der Waals surface area (Å²) in [5, 5.41) is 4.91. The SMILES string of the molecule is CCOC(=O)CNC(=O)N/C=C/c1ccccc1C. The summed E-state index contributed by atoms with van der Waals surface area (Å²) in [6.07, 6.45) is 3.32. The molecule has 0 aliphatic carbocycles. The molecule has 5 heteroatoms. The van der Waals surface area contributed by atoms with Gasteiger partial charge in [0.1, 0.15) is 6.54 Å². The van der Waals surface area contributed by atoms with Crippen molar-refractivity contribution in [3.05, 3.63) is 41.6 Å². The molecule has 0 fully saturated rings. The second kappa shape index (κ2) is 7.92. The fourth-order valence-electron chi connectivity index (χ4n) is 1.40. The summed E-state index contributed by atoms with van der Waals surface area (Å²) in [6.45, 7) is 3.86. The number of hydrogen-bond acceptors (Lipinski definition) is 3. The first kappa shape index (κ1) is 14.8. The van der Waals surface area contributed by atoms with Crippen LogP contribution in [0.4, 0.5) is 4.79 Å². The molecule has 2 amide bonds. The highest BCUT2D eigenvalue weighted by Gasteiger charge is 2.03. The molecule has 102 valence electrons. The first-order valence-electron chi connectivity index (χ1n) is 6.05. The Kier molecular flexibility index (Phi) is 6.15. The molecule has 19 heavy (non-hydrogen) atoms. The van der Waals surface area contributed by atoms with Gasteiger partial charge in [-0.05, 0) is 31.1 Å². The van der Waals surface area contributed by atoms with Gasteiger partial charge < -0.3 is 15.4 Å². The minimum absolute atomic E-state index is 0.141. The Labute approximate surface area is 112 Å². The Morgan fingerprint density at radius 1 is 1.32 bits per heavy atom. The zero-order chi connectivity index (χ0) is 14.1. The molecule has 0 aromatic heterocycles. The van der Waals surface area contributed by atoms with Crippen molar-refractivity contribution in [3.8, 4) is 0 Å². The van der Waals surface area contributed by atoms with Gasteiger partial charge in [0.25, 0.3) is 0 Å². The van der Waals surface area contributed by atoms with Gasteiger partial charge in [-0.15, -0.1) is 0 Å². The summed E-state index contributed by atoms with van der Waals surface area (Å²) in [5.41, 5.74) is 2.14. The quantitative estimate of drug-likeness (QED) is 0.795. The molecule has 0 saturated carbocycles. The number of amides is 2. The summed E-state index contributed by atoms with van der Waals surface area (Å²) >= 11 is 0. The van der Waals surface area contributed by atoms with E-state index in [1.807, 2.05) is 31.2 Å². The van der Waals surface area contributed by atoms with Crippen LogP contribution in [0.1, 0.15) is 18.1 Å². The molecule has 0 atom stereocenters. The Balaban J connectivity index is 2.34. The maximum atomic E-state index is 11.3. The number of esters is 1. The molecule has 0 saturated heterocycles. The number of rotatable bonds is 5.